The van der Waals surface area contributed by atoms with Gasteiger partial charge in [0.25, 0.3) is 0 Å². The number of nitrogens with one attached hydrogen (secondary N) is 2. The first-order valence-electron chi connectivity index (χ1n) is 10.0. The number of amides is 2. The van der Waals surface area contributed by atoms with Crippen molar-refractivity contribution in [2.24, 2.45) is 0 Å². The maximum Gasteiger partial charge on any atom is 0.241 e. The third-order valence-corrected chi connectivity index (χ3v) is 5.89. The van der Waals surface area contributed by atoms with E-state index < -0.39 is 6.04 Å². The van der Waals surface area contributed by atoms with Crippen molar-refractivity contribution in [2.75, 3.05) is 18.9 Å². The number of rotatable bonds is 7. The Balaban J connectivity index is 1.63. The van der Waals surface area contributed by atoms with Crippen molar-refractivity contribution in [3.8, 4) is 10.6 Å². The first-order valence-corrected chi connectivity index (χ1v) is 10.8. The molecule has 0 aliphatic carbocycles. The van der Waals surface area contributed by atoms with Gasteiger partial charge in [0.1, 0.15) is 5.01 Å². The lowest BCUT2D eigenvalue weighted by Crippen LogP contribution is -2.45. The molecule has 0 saturated carbocycles. The van der Waals surface area contributed by atoms with Gasteiger partial charge in [-0.25, -0.2) is 4.98 Å². The smallest absolute Gasteiger partial charge is 0.241 e. The highest BCUT2D eigenvalue weighted by atomic mass is 32.1. The SMILES string of the molecule is Cc1ccc2nc(-c3ccc(NC(=O)[C@H](C)N(C)CC(=O)NC(C)C)cc3)sc2c1. The first kappa shape index (κ1) is 21.9. The van der Waals surface area contributed by atoms with Crippen LogP contribution in [0.2, 0.25) is 0 Å². The van der Waals surface area contributed by atoms with Gasteiger partial charge in [-0.15, -0.1) is 11.3 Å². The minimum absolute atomic E-state index is 0.0769. The molecule has 1 aromatic heterocycles. The lowest BCUT2D eigenvalue weighted by atomic mass is 10.2. The molecule has 0 saturated heterocycles. The second kappa shape index (κ2) is 9.36. The number of aromatic nitrogens is 1. The van der Waals surface area contributed by atoms with Crippen LogP contribution in [-0.4, -0.2) is 47.4 Å². The summed E-state index contributed by atoms with van der Waals surface area (Å²) in [5.41, 5.74) is 3.95. The van der Waals surface area contributed by atoms with E-state index in [9.17, 15) is 9.59 Å². The summed E-state index contributed by atoms with van der Waals surface area (Å²) in [6.45, 7) is 7.85. The minimum atomic E-state index is -0.435. The molecule has 0 aliphatic heterocycles. The molecule has 30 heavy (non-hydrogen) atoms. The van der Waals surface area contributed by atoms with Crippen molar-refractivity contribution in [3.05, 3.63) is 48.0 Å². The lowest BCUT2D eigenvalue weighted by Gasteiger charge is -2.23. The molecule has 0 radical (unpaired) electrons. The molecule has 0 spiro atoms. The van der Waals surface area contributed by atoms with E-state index in [-0.39, 0.29) is 24.4 Å². The predicted octanol–water partition coefficient (Wildman–Crippen LogP) is 4.06. The summed E-state index contributed by atoms with van der Waals surface area (Å²) in [5.74, 6) is -0.249. The Hall–Kier alpha value is -2.77. The van der Waals surface area contributed by atoms with Crippen LogP contribution >= 0.6 is 11.3 Å². The van der Waals surface area contributed by atoms with Crippen molar-refractivity contribution in [2.45, 2.75) is 39.8 Å². The van der Waals surface area contributed by atoms with Crippen LogP contribution in [0.1, 0.15) is 26.3 Å². The number of hydrogen-bond donors (Lipinski definition) is 2. The molecule has 0 bridgehead atoms. The van der Waals surface area contributed by atoms with Gasteiger partial charge in [0, 0.05) is 17.3 Å². The van der Waals surface area contributed by atoms with Gasteiger partial charge in [-0.1, -0.05) is 6.07 Å². The van der Waals surface area contributed by atoms with Crippen molar-refractivity contribution < 1.29 is 9.59 Å². The minimum Gasteiger partial charge on any atom is -0.353 e. The molecule has 3 rings (SSSR count). The van der Waals surface area contributed by atoms with Crippen molar-refractivity contribution in [1.82, 2.24) is 15.2 Å². The quantitative estimate of drug-likeness (QED) is 0.600. The summed E-state index contributed by atoms with van der Waals surface area (Å²) >= 11 is 1.66. The number of carbonyl (C=O) groups excluding carboxylic acids is 2. The van der Waals surface area contributed by atoms with E-state index in [4.69, 9.17) is 4.98 Å². The van der Waals surface area contributed by atoms with E-state index in [2.05, 4.69) is 29.7 Å². The molecule has 158 valence electrons. The van der Waals surface area contributed by atoms with Gasteiger partial charge in [-0.2, -0.15) is 0 Å². The molecule has 0 aliphatic rings. The topological polar surface area (TPSA) is 74.3 Å². The Labute approximate surface area is 181 Å². The summed E-state index contributed by atoms with van der Waals surface area (Å²) < 4.78 is 1.17. The van der Waals surface area contributed by atoms with Crippen LogP contribution in [-0.2, 0) is 9.59 Å². The zero-order valence-corrected chi connectivity index (χ0v) is 18.8. The van der Waals surface area contributed by atoms with Gasteiger partial charge < -0.3 is 10.6 Å². The second-order valence-corrected chi connectivity index (χ2v) is 8.90. The molecular weight excluding hydrogens is 396 g/mol. The van der Waals surface area contributed by atoms with Crippen LogP contribution in [0.15, 0.2) is 42.5 Å². The van der Waals surface area contributed by atoms with Crippen LogP contribution in [0.4, 0.5) is 5.69 Å². The third kappa shape index (κ3) is 5.43. The normalized spacial score (nSPS) is 12.4. The highest BCUT2D eigenvalue weighted by molar-refractivity contribution is 7.21. The second-order valence-electron chi connectivity index (χ2n) is 7.87. The van der Waals surface area contributed by atoms with E-state index >= 15 is 0 Å². The largest absolute Gasteiger partial charge is 0.353 e. The zero-order valence-electron chi connectivity index (χ0n) is 18.0. The van der Waals surface area contributed by atoms with Crippen LogP contribution in [0.25, 0.3) is 20.8 Å². The van der Waals surface area contributed by atoms with Crippen LogP contribution in [0.5, 0.6) is 0 Å². The Kier molecular flexibility index (Phi) is 6.84. The van der Waals surface area contributed by atoms with E-state index in [0.717, 1.165) is 16.1 Å². The number of likely N-dealkylation sites (N-methyl/N-ethyl adjacent to an activating group) is 1. The monoisotopic (exact) mass is 424 g/mol. The fourth-order valence-electron chi connectivity index (χ4n) is 3.03. The molecular formula is C23H28N4O2S. The third-order valence-electron chi connectivity index (χ3n) is 4.83. The van der Waals surface area contributed by atoms with E-state index in [1.165, 1.54) is 10.3 Å². The molecule has 1 atom stereocenters. The number of fused-ring (bicyclic) bond motifs is 1. The van der Waals surface area contributed by atoms with E-state index in [1.54, 1.807) is 30.2 Å². The lowest BCUT2D eigenvalue weighted by molar-refractivity contribution is -0.125. The number of anilines is 1. The number of hydrogen-bond acceptors (Lipinski definition) is 5. The van der Waals surface area contributed by atoms with Crippen molar-refractivity contribution in [3.63, 3.8) is 0 Å². The average Bonchev–Trinajstić information content (AvgIpc) is 3.10. The maximum atomic E-state index is 12.6. The maximum absolute atomic E-state index is 12.6. The molecule has 1 heterocycles. The molecule has 0 unspecified atom stereocenters. The fraction of sp³-hybridized carbons (Fsp3) is 0.348. The zero-order chi connectivity index (χ0) is 21.8. The Morgan fingerprint density at radius 2 is 1.80 bits per heavy atom. The summed E-state index contributed by atoms with van der Waals surface area (Å²) in [6, 6.07) is 13.6. The molecule has 3 aromatic rings. The van der Waals surface area contributed by atoms with E-state index in [1.807, 2.05) is 44.2 Å². The number of aryl methyl sites for hydroxylation is 1. The number of benzene rings is 2. The molecule has 2 N–H and O–H groups in total. The average molecular weight is 425 g/mol. The Bertz CT molecular complexity index is 1040. The summed E-state index contributed by atoms with van der Waals surface area (Å²) in [7, 11) is 1.77. The van der Waals surface area contributed by atoms with Gasteiger partial charge in [0.05, 0.1) is 22.8 Å². The van der Waals surface area contributed by atoms with Gasteiger partial charge in [0.2, 0.25) is 11.8 Å². The number of nitrogens with zero attached hydrogens (tertiary/aromatic N) is 2. The molecule has 0 fully saturated rings. The van der Waals surface area contributed by atoms with Crippen LogP contribution in [0.3, 0.4) is 0 Å². The first-order chi connectivity index (χ1) is 14.2. The molecule has 6 nitrogen and oxygen atoms in total. The van der Waals surface area contributed by atoms with Gasteiger partial charge in [0.15, 0.2) is 0 Å². The summed E-state index contributed by atoms with van der Waals surface area (Å²) in [5, 5.41) is 6.71. The molecule has 7 heteroatoms. The Morgan fingerprint density at radius 3 is 2.47 bits per heavy atom. The summed E-state index contributed by atoms with van der Waals surface area (Å²) in [6.07, 6.45) is 0. The van der Waals surface area contributed by atoms with Gasteiger partial charge in [-0.3, -0.25) is 14.5 Å². The fourth-order valence-corrected chi connectivity index (χ4v) is 4.10. The predicted molar refractivity (Wildman–Crippen MR) is 124 cm³/mol. The highest BCUT2D eigenvalue weighted by Gasteiger charge is 2.20. The van der Waals surface area contributed by atoms with Gasteiger partial charge in [-0.05, 0) is 76.7 Å². The van der Waals surface area contributed by atoms with Crippen molar-refractivity contribution in [1.29, 1.82) is 0 Å². The van der Waals surface area contributed by atoms with Crippen molar-refractivity contribution >= 4 is 39.1 Å². The van der Waals surface area contributed by atoms with Crippen LogP contribution in [0, 0.1) is 6.92 Å². The Morgan fingerprint density at radius 1 is 1.10 bits per heavy atom. The van der Waals surface area contributed by atoms with Gasteiger partial charge >= 0.3 is 0 Å². The van der Waals surface area contributed by atoms with Crippen LogP contribution < -0.4 is 10.6 Å². The standard InChI is InChI=1S/C23H28N4O2S/c1-14(2)24-21(28)13-27(5)16(4)22(29)25-18-9-7-17(8-10-18)23-26-19-11-6-15(3)12-20(19)30-23/h6-12,14,16H,13H2,1-5H3,(H,24,28)(H,25,29)/t16-/m0/s1. The number of carbonyl (C=O) groups is 2. The molecule has 2 aromatic carbocycles. The summed E-state index contributed by atoms with van der Waals surface area (Å²) in [4.78, 5) is 30.9. The van der Waals surface area contributed by atoms with E-state index in [0.29, 0.717) is 5.69 Å². The molecule has 2 amide bonds. The highest BCUT2D eigenvalue weighted by Crippen LogP contribution is 2.31. The number of thiazole rings is 1.